The van der Waals surface area contributed by atoms with Gasteiger partial charge in [-0.1, -0.05) is 66.7 Å². The number of Topliss-reactive ketones (excluding diaryl/α,β-unsaturated/α-hetero) is 2. The van der Waals surface area contributed by atoms with Crippen LogP contribution in [0, 0.1) is 11.7 Å². The van der Waals surface area contributed by atoms with E-state index in [2.05, 4.69) is 10.3 Å². The molecular formula is C32H22FN3O3. The zero-order valence-electron chi connectivity index (χ0n) is 20.6. The number of carbonyl (C=O) groups is 3. The van der Waals surface area contributed by atoms with Gasteiger partial charge in [0, 0.05) is 17.6 Å². The van der Waals surface area contributed by atoms with E-state index in [1.54, 1.807) is 30.3 Å². The highest BCUT2D eigenvalue weighted by Gasteiger charge is 2.70. The third kappa shape index (κ3) is 3.13. The molecule has 3 aromatic carbocycles. The van der Waals surface area contributed by atoms with Gasteiger partial charge in [-0.05, 0) is 47.5 Å². The van der Waals surface area contributed by atoms with Crippen molar-refractivity contribution >= 4 is 34.9 Å². The maximum atomic E-state index is 15.1. The Morgan fingerprint density at radius 1 is 0.872 bits per heavy atom. The van der Waals surface area contributed by atoms with Gasteiger partial charge in [0.25, 0.3) is 0 Å². The third-order valence-corrected chi connectivity index (χ3v) is 8.15. The van der Waals surface area contributed by atoms with Gasteiger partial charge in [-0.15, -0.1) is 0 Å². The lowest BCUT2D eigenvalue weighted by atomic mass is 9.64. The van der Waals surface area contributed by atoms with E-state index in [1.807, 2.05) is 59.5 Å². The Balaban J connectivity index is 1.55. The summed E-state index contributed by atoms with van der Waals surface area (Å²) < 4.78 is 15.1. The topological polar surface area (TPSA) is 79.4 Å². The number of hydrogen-bond acceptors (Lipinski definition) is 5. The van der Waals surface area contributed by atoms with Crippen molar-refractivity contribution in [3.63, 3.8) is 0 Å². The minimum absolute atomic E-state index is 0.129. The van der Waals surface area contributed by atoms with Crippen molar-refractivity contribution < 1.29 is 18.8 Å². The van der Waals surface area contributed by atoms with Crippen molar-refractivity contribution in [2.75, 3.05) is 10.2 Å². The molecule has 1 amide bonds. The number of fused-ring (bicyclic) bond motifs is 6. The number of anilines is 2. The smallest absolute Gasteiger partial charge is 0.238 e. The summed E-state index contributed by atoms with van der Waals surface area (Å²) in [4.78, 5) is 49.3. The number of hydrogen-bond donors (Lipinski definition) is 1. The van der Waals surface area contributed by atoms with Crippen LogP contribution >= 0.6 is 0 Å². The first-order valence-electron chi connectivity index (χ1n) is 12.7. The average Bonchev–Trinajstić information content (AvgIpc) is 3.45. The standard InChI is InChI=1S/C32H22FN3O3/c33-22-12-4-2-10-20(22)29(37)28-27(30(38)24-14-7-8-18-34-24)32(21-11-3-5-13-23(21)35-31(32)39)26-17-16-19-9-1-6-15-25(19)36(26)28/h1-18,26-28H,(H,35,39)/t26-,27-,28+,32+/m1/s1. The summed E-state index contributed by atoms with van der Waals surface area (Å²) >= 11 is 0. The van der Waals surface area contributed by atoms with Gasteiger partial charge in [0.15, 0.2) is 11.6 Å². The Bertz CT molecular complexity index is 1700. The quantitative estimate of drug-likeness (QED) is 0.384. The molecule has 1 N–H and O–H groups in total. The number of amides is 1. The van der Waals surface area contributed by atoms with Gasteiger partial charge in [-0.25, -0.2) is 4.39 Å². The van der Waals surface area contributed by atoms with E-state index < -0.39 is 40.8 Å². The van der Waals surface area contributed by atoms with Crippen molar-refractivity contribution in [3.05, 3.63) is 131 Å². The number of pyridine rings is 1. The number of rotatable bonds is 4. The van der Waals surface area contributed by atoms with Crippen LogP contribution < -0.4 is 10.2 Å². The minimum Gasteiger partial charge on any atom is -0.352 e. The molecule has 3 aliphatic rings. The number of aromatic nitrogens is 1. The van der Waals surface area contributed by atoms with Gasteiger partial charge in [0.1, 0.15) is 23.0 Å². The molecule has 6 nitrogen and oxygen atoms in total. The second-order valence-electron chi connectivity index (χ2n) is 9.98. The van der Waals surface area contributed by atoms with E-state index in [0.717, 1.165) is 5.56 Å². The Kier molecular flexibility index (Phi) is 5.10. The fourth-order valence-corrected chi connectivity index (χ4v) is 6.61. The molecule has 0 unspecified atom stereocenters. The molecule has 190 valence electrons. The molecule has 0 radical (unpaired) electrons. The Morgan fingerprint density at radius 2 is 1.62 bits per heavy atom. The zero-order valence-corrected chi connectivity index (χ0v) is 20.6. The van der Waals surface area contributed by atoms with Crippen LogP contribution in [0.3, 0.4) is 0 Å². The molecule has 0 aliphatic carbocycles. The first kappa shape index (κ1) is 23.2. The van der Waals surface area contributed by atoms with Crippen LogP contribution in [0.4, 0.5) is 15.8 Å². The van der Waals surface area contributed by atoms with Crippen LogP contribution in [-0.4, -0.2) is 34.5 Å². The summed E-state index contributed by atoms with van der Waals surface area (Å²) in [6, 6.07) is 23.6. The molecule has 1 saturated heterocycles. The van der Waals surface area contributed by atoms with Crippen LogP contribution in [-0.2, 0) is 10.2 Å². The Morgan fingerprint density at radius 3 is 2.44 bits per heavy atom. The summed E-state index contributed by atoms with van der Waals surface area (Å²) in [5, 5.41) is 2.98. The first-order valence-corrected chi connectivity index (χ1v) is 12.7. The predicted octanol–water partition coefficient (Wildman–Crippen LogP) is 5.08. The second-order valence-corrected chi connectivity index (χ2v) is 9.98. The van der Waals surface area contributed by atoms with E-state index in [1.165, 1.54) is 24.4 Å². The van der Waals surface area contributed by atoms with E-state index in [-0.39, 0.29) is 17.2 Å². The monoisotopic (exact) mass is 515 g/mol. The van der Waals surface area contributed by atoms with E-state index in [0.29, 0.717) is 16.9 Å². The van der Waals surface area contributed by atoms with Crippen molar-refractivity contribution in [1.82, 2.24) is 4.98 Å². The molecule has 0 bridgehead atoms. The van der Waals surface area contributed by atoms with Crippen LogP contribution in [0.2, 0.25) is 0 Å². The van der Waals surface area contributed by atoms with E-state index in [4.69, 9.17) is 0 Å². The lowest BCUT2D eigenvalue weighted by Crippen LogP contribution is -2.51. The van der Waals surface area contributed by atoms with Gasteiger partial charge in [0.05, 0.1) is 17.5 Å². The molecule has 4 atom stereocenters. The van der Waals surface area contributed by atoms with Gasteiger partial charge in [-0.3, -0.25) is 19.4 Å². The van der Waals surface area contributed by atoms with Crippen LogP contribution in [0.5, 0.6) is 0 Å². The minimum atomic E-state index is -1.46. The van der Waals surface area contributed by atoms with E-state index >= 15 is 4.39 Å². The summed E-state index contributed by atoms with van der Waals surface area (Å²) in [6.07, 6.45) is 5.32. The largest absolute Gasteiger partial charge is 0.352 e. The summed E-state index contributed by atoms with van der Waals surface area (Å²) in [5.74, 6) is -3.25. The molecule has 7 rings (SSSR count). The normalized spacial score (nSPS) is 24.2. The highest BCUT2D eigenvalue weighted by molar-refractivity contribution is 6.18. The maximum absolute atomic E-state index is 15.1. The Hall–Kier alpha value is -4.91. The molecule has 1 fully saturated rings. The molecule has 1 spiro atoms. The van der Waals surface area contributed by atoms with Crippen molar-refractivity contribution in [2.45, 2.75) is 17.5 Å². The lowest BCUT2D eigenvalue weighted by molar-refractivity contribution is -0.121. The summed E-state index contributed by atoms with van der Waals surface area (Å²) in [6.45, 7) is 0. The summed E-state index contributed by atoms with van der Waals surface area (Å²) in [7, 11) is 0. The first-order chi connectivity index (χ1) is 19.0. The third-order valence-electron chi connectivity index (χ3n) is 8.15. The fourth-order valence-electron chi connectivity index (χ4n) is 6.61. The van der Waals surface area contributed by atoms with Gasteiger partial charge < -0.3 is 10.2 Å². The van der Waals surface area contributed by atoms with Gasteiger partial charge in [-0.2, -0.15) is 0 Å². The molecule has 3 aliphatic heterocycles. The van der Waals surface area contributed by atoms with Crippen LogP contribution in [0.25, 0.3) is 6.08 Å². The molecule has 7 heteroatoms. The Labute approximate surface area is 223 Å². The highest BCUT2D eigenvalue weighted by Crippen LogP contribution is 2.58. The molecule has 39 heavy (non-hydrogen) atoms. The SMILES string of the molecule is O=C(c1ccccc1F)[C@@H]1[C@H](C(=O)c2ccccn2)[C@@]2(C(=O)Nc3ccccc32)[C@H]2C=Cc3ccccc3N12. The number of nitrogens with one attached hydrogen (secondary N) is 1. The van der Waals surface area contributed by atoms with Gasteiger partial charge >= 0.3 is 0 Å². The summed E-state index contributed by atoms with van der Waals surface area (Å²) in [5.41, 5.74) is 1.32. The van der Waals surface area contributed by atoms with Crippen molar-refractivity contribution in [3.8, 4) is 0 Å². The number of ketones is 2. The average molecular weight is 516 g/mol. The zero-order chi connectivity index (χ0) is 26.7. The number of carbonyl (C=O) groups excluding carboxylic acids is 3. The fraction of sp³-hybridized carbons (Fsp3) is 0.125. The van der Waals surface area contributed by atoms with Crippen LogP contribution in [0.1, 0.15) is 32.0 Å². The van der Waals surface area contributed by atoms with Gasteiger partial charge in [0.2, 0.25) is 5.91 Å². The number of para-hydroxylation sites is 2. The number of nitrogens with zero attached hydrogens (tertiary/aromatic N) is 2. The lowest BCUT2D eigenvalue weighted by Gasteiger charge is -2.37. The molecule has 4 aromatic rings. The molecule has 0 saturated carbocycles. The molecular weight excluding hydrogens is 493 g/mol. The van der Waals surface area contributed by atoms with Crippen LogP contribution in [0.15, 0.2) is 103 Å². The second kappa shape index (κ2) is 8.56. The number of halogens is 1. The predicted molar refractivity (Wildman–Crippen MR) is 145 cm³/mol. The molecule has 1 aromatic heterocycles. The number of benzene rings is 3. The highest BCUT2D eigenvalue weighted by atomic mass is 19.1. The maximum Gasteiger partial charge on any atom is 0.238 e. The van der Waals surface area contributed by atoms with Crippen molar-refractivity contribution in [1.29, 1.82) is 0 Å². The van der Waals surface area contributed by atoms with Crippen molar-refractivity contribution in [2.24, 2.45) is 5.92 Å². The molecule has 4 heterocycles. The van der Waals surface area contributed by atoms with E-state index in [9.17, 15) is 14.4 Å².